The number of rotatable bonds is 4. The quantitative estimate of drug-likeness (QED) is 0.692. The maximum atomic E-state index is 12.9. The standard InChI is InChI=1S/C17H16FN3O/c1-11(2)21-16-10-13(5-8-15(16)19-20-21)17(22)9-12-3-6-14(18)7-4-12/h3-8,10-11H,9H2,1-2H3. The first kappa shape index (κ1) is 14.4. The van der Waals surface area contributed by atoms with Crippen LogP contribution >= 0.6 is 0 Å². The second-order valence-corrected chi connectivity index (χ2v) is 5.56. The summed E-state index contributed by atoms with van der Waals surface area (Å²) in [6, 6.07) is 11.5. The Kier molecular flexibility index (Phi) is 3.71. The molecule has 0 N–H and O–H groups in total. The molecule has 2 aromatic carbocycles. The van der Waals surface area contributed by atoms with Crippen LogP contribution in [0.2, 0.25) is 0 Å². The van der Waals surface area contributed by atoms with Crippen molar-refractivity contribution in [1.29, 1.82) is 0 Å². The smallest absolute Gasteiger partial charge is 0.167 e. The fourth-order valence-corrected chi connectivity index (χ4v) is 2.38. The van der Waals surface area contributed by atoms with Crippen LogP contribution in [-0.4, -0.2) is 20.8 Å². The van der Waals surface area contributed by atoms with Gasteiger partial charge in [-0.2, -0.15) is 0 Å². The van der Waals surface area contributed by atoms with Crippen molar-refractivity contribution >= 4 is 16.8 Å². The molecular formula is C17H16FN3O. The Balaban J connectivity index is 1.90. The van der Waals surface area contributed by atoms with Crippen molar-refractivity contribution in [2.75, 3.05) is 0 Å². The molecule has 5 heteroatoms. The van der Waals surface area contributed by atoms with Gasteiger partial charge in [0, 0.05) is 18.0 Å². The van der Waals surface area contributed by atoms with E-state index >= 15 is 0 Å². The molecule has 0 bridgehead atoms. The first-order valence-electron chi connectivity index (χ1n) is 7.17. The lowest BCUT2D eigenvalue weighted by molar-refractivity contribution is 0.0993. The molecule has 22 heavy (non-hydrogen) atoms. The molecule has 0 fully saturated rings. The molecule has 112 valence electrons. The monoisotopic (exact) mass is 297 g/mol. The van der Waals surface area contributed by atoms with Crippen molar-refractivity contribution in [2.24, 2.45) is 0 Å². The van der Waals surface area contributed by atoms with Crippen LogP contribution in [0.1, 0.15) is 35.8 Å². The molecule has 3 aromatic rings. The van der Waals surface area contributed by atoms with Crippen LogP contribution in [0.15, 0.2) is 42.5 Å². The minimum absolute atomic E-state index is 0.00925. The highest BCUT2D eigenvalue weighted by Gasteiger charge is 2.12. The summed E-state index contributed by atoms with van der Waals surface area (Å²) in [5.74, 6) is -0.311. The Morgan fingerprint density at radius 1 is 1.18 bits per heavy atom. The molecular weight excluding hydrogens is 281 g/mol. The Morgan fingerprint density at radius 2 is 1.91 bits per heavy atom. The second-order valence-electron chi connectivity index (χ2n) is 5.56. The zero-order valence-corrected chi connectivity index (χ0v) is 12.5. The number of carbonyl (C=O) groups is 1. The van der Waals surface area contributed by atoms with Gasteiger partial charge in [0.15, 0.2) is 5.78 Å². The number of ketones is 1. The number of fused-ring (bicyclic) bond motifs is 1. The molecule has 4 nitrogen and oxygen atoms in total. The minimum atomic E-state index is -0.301. The largest absolute Gasteiger partial charge is 0.294 e. The highest BCUT2D eigenvalue weighted by Crippen LogP contribution is 2.18. The third kappa shape index (κ3) is 2.74. The topological polar surface area (TPSA) is 47.8 Å². The van der Waals surface area contributed by atoms with Gasteiger partial charge in [-0.3, -0.25) is 4.79 Å². The summed E-state index contributed by atoms with van der Waals surface area (Å²) < 4.78 is 14.7. The van der Waals surface area contributed by atoms with Crippen molar-refractivity contribution in [3.63, 3.8) is 0 Å². The zero-order chi connectivity index (χ0) is 15.7. The first-order valence-corrected chi connectivity index (χ1v) is 7.17. The van der Waals surface area contributed by atoms with E-state index < -0.39 is 0 Å². The lowest BCUT2D eigenvalue weighted by Gasteiger charge is -2.06. The number of aromatic nitrogens is 3. The number of nitrogens with zero attached hydrogens (tertiary/aromatic N) is 3. The summed E-state index contributed by atoms with van der Waals surface area (Å²) in [6.45, 7) is 4.03. The van der Waals surface area contributed by atoms with E-state index in [0.717, 1.165) is 16.6 Å². The fraction of sp³-hybridized carbons (Fsp3) is 0.235. The van der Waals surface area contributed by atoms with Crippen LogP contribution < -0.4 is 0 Å². The summed E-state index contributed by atoms with van der Waals surface area (Å²) in [5.41, 5.74) is 3.02. The Bertz CT molecular complexity index is 822. The predicted octanol–water partition coefficient (Wildman–Crippen LogP) is 3.58. The molecule has 0 radical (unpaired) electrons. The lowest BCUT2D eigenvalue weighted by atomic mass is 10.0. The van der Waals surface area contributed by atoms with Gasteiger partial charge in [-0.25, -0.2) is 9.07 Å². The molecule has 1 heterocycles. The van der Waals surface area contributed by atoms with Crippen molar-refractivity contribution in [3.05, 3.63) is 59.4 Å². The summed E-state index contributed by atoms with van der Waals surface area (Å²) in [5, 5.41) is 8.20. The summed E-state index contributed by atoms with van der Waals surface area (Å²) >= 11 is 0. The van der Waals surface area contributed by atoms with Crippen molar-refractivity contribution in [1.82, 2.24) is 15.0 Å². The van der Waals surface area contributed by atoms with Crippen LogP contribution in [0.5, 0.6) is 0 Å². The van der Waals surface area contributed by atoms with Crippen molar-refractivity contribution < 1.29 is 9.18 Å². The Labute approximate surface area is 127 Å². The number of hydrogen-bond donors (Lipinski definition) is 0. The van der Waals surface area contributed by atoms with Crippen LogP contribution in [-0.2, 0) is 6.42 Å². The van der Waals surface area contributed by atoms with Crippen molar-refractivity contribution in [2.45, 2.75) is 26.3 Å². The highest BCUT2D eigenvalue weighted by molar-refractivity contribution is 6.00. The SMILES string of the molecule is CC(C)n1nnc2ccc(C(=O)Cc3ccc(F)cc3)cc21. The molecule has 0 unspecified atom stereocenters. The van der Waals surface area contributed by atoms with Gasteiger partial charge in [0.05, 0.1) is 5.52 Å². The van der Waals surface area contributed by atoms with Crippen LogP contribution in [0.3, 0.4) is 0 Å². The number of benzene rings is 2. The van der Waals surface area contributed by atoms with E-state index in [4.69, 9.17) is 0 Å². The predicted molar refractivity (Wildman–Crippen MR) is 82.3 cm³/mol. The molecule has 0 amide bonds. The number of hydrogen-bond acceptors (Lipinski definition) is 3. The number of carbonyl (C=O) groups excluding carboxylic acids is 1. The van der Waals surface area contributed by atoms with Gasteiger partial charge in [0.2, 0.25) is 0 Å². The van der Waals surface area contributed by atoms with Gasteiger partial charge in [0.1, 0.15) is 11.3 Å². The van der Waals surface area contributed by atoms with E-state index in [1.165, 1.54) is 12.1 Å². The molecule has 0 aliphatic carbocycles. The average Bonchev–Trinajstić information content (AvgIpc) is 2.92. The van der Waals surface area contributed by atoms with Crippen LogP contribution in [0.4, 0.5) is 4.39 Å². The maximum absolute atomic E-state index is 12.9. The molecule has 0 aliphatic rings. The molecule has 1 aromatic heterocycles. The molecule has 0 spiro atoms. The maximum Gasteiger partial charge on any atom is 0.167 e. The fourth-order valence-electron chi connectivity index (χ4n) is 2.38. The van der Waals surface area contributed by atoms with E-state index in [1.54, 1.807) is 28.9 Å². The van der Waals surface area contributed by atoms with Gasteiger partial charge >= 0.3 is 0 Å². The molecule has 0 saturated carbocycles. The van der Waals surface area contributed by atoms with E-state index in [9.17, 15) is 9.18 Å². The van der Waals surface area contributed by atoms with Gasteiger partial charge in [0.25, 0.3) is 0 Å². The molecule has 0 atom stereocenters. The third-order valence-corrected chi connectivity index (χ3v) is 3.56. The van der Waals surface area contributed by atoms with Crippen LogP contribution in [0.25, 0.3) is 11.0 Å². The summed E-state index contributed by atoms with van der Waals surface area (Å²) in [4.78, 5) is 12.4. The molecule has 3 rings (SSSR count). The van der Waals surface area contributed by atoms with Crippen LogP contribution in [0, 0.1) is 5.82 Å². The van der Waals surface area contributed by atoms with Gasteiger partial charge < -0.3 is 0 Å². The van der Waals surface area contributed by atoms with Gasteiger partial charge in [-0.1, -0.05) is 17.3 Å². The Morgan fingerprint density at radius 3 is 2.59 bits per heavy atom. The normalized spacial score (nSPS) is 11.3. The van der Waals surface area contributed by atoms with E-state index in [1.807, 2.05) is 19.9 Å². The lowest BCUT2D eigenvalue weighted by Crippen LogP contribution is -2.06. The third-order valence-electron chi connectivity index (χ3n) is 3.56. The van der Waals surface area contributed by atoms with Crippen molar-refractivity contribution in [3.8, 4) is 0 Å². The first-order chi connectivity index (χ1) is 10.5. The zero-order valence-electron chi connectivity index (χ0n) is 12.5. The number of Topliss-reactive ketones (excluding diaryl/α,β-unsaturated/α-hetero) is 1. The van der Waals surface area contributed by atoms with E-state index in [-0.39, 0.29) is 24.1 Å². The van der Waals surface area contributed by atoms with Gasteiger partial charge in [-0.15, -0.1) is 5.10 Å². The van der Waals surface area contributed by atoms with E-state index in [0.29, 0.717) is 5.56 Å². The second kappa shape index (κ2) is 5.67. The average molecular weight is 297 g/mol. The molecule has 0 aliphatic heterocycles. The molecule has 0 saturated heterocycles. The summed E-state index contributed by atoms with van der Waals surface area (Å²) in [6.07, 6.45) is 0.245. The highest BCUT2D eigenvalue weighted by atomic mass is 19.1. The minimum Gasteiger partial charge on any atom is -0.294 e. The number of halogens is 1. The summed E-state index contributed by atoms with van der Waals surface area (Å²) in [7, 11) is 0. The van der Waals surface area contributed by atoms with E-state index in [2.05, 4.69) is 10.3 Å². The Hall–Kier alpha value is -2.56. The van der Waals surface area contributed by atoms with Gasteiger partial charge in [-0.05, 0) is 49.7 Å².